The molecule has 2 atom stereocenters. The summed E-state index contributed by atoms with van der Waals surface area (Å²) in [6.45, 7) is 9.79. The van der Waals surface area contributed by atoms with Crippen molar-refractivity contribution in [1.82, 2.24) is 15.2 Å². The van der Waals surface area contributed by atoms with Crippen LogP contribution in [0.15, 0.2) is 43.1 Å². The summed E-state index contributed by atoms with van der Waals surface area (Å²) >= 11 is 0. The van der Waals surface area contributed by atoms with Gasteiger partial charge in [-0.15, -0.1) is 6.58 Å². The Kier molecular flexibility index (Phi) is 3.95. The van der Waals surface area contributed by atoms with E-state index in [1.54, 1.807) is 6.92 Å². The van der Waals surface area contributed by atoms with Crippen LogP contribution in [-0.4, -0.2) is 28.5 Å². The van der Waals surface area contributed by atoms with Crippen molar-refractivity contribution in [2.45, 2.75) is 44.8 Å². The van der Waals surface area contributed by atoms with Crippen LogP contribution in [0.2, 0.25) is 0 Å². The molecule has 2 aromatic rings. The Morgan fingerprint density at radius 2 is 1.92 bits per heavy atom. The third kappa shape index (κ3) is 2.70. The lowest BCUT2D eigenvalue weighted by Crippen LogP contribution is -2.61. The van der Waals surface area contributed by atoms with E-state index in [1.807, 2.05) is 24.3 Å². The van der Waals surface area contributed by atoms with Crippen molar-refractivity contribution in [3.63, 3.8) is 0 Å². The van der Waals surface area contributed by atoms with Crippen LogP contribution in [0.3, 0.4) is 0 Å². The number of benzene rings is 1. The minimum absolute atomic E-state index is 0.137. The van der Waals surface area contributed by atoms with Gasteiger partial charge in [-0.05, 0) is 32.4 Å². The number of allylic oxidation sites excluding steroid dienone is 1. The molecule has 2 amide bonds. The van der Waals surface area contributed by atoms with E-state index >= 15 is 0 Å². The predicted octanol–water partition coefficient (Wildman–Crippen LogP) is 2.11. The molecule has 3 rings (SSSR count). The first kappa shape index (κ1) is 16.3. The molecule has 0 bridgehead atoms. The lowest BCUT2D eigenvalue weighted by Gasteiger charge is -2.27. The van der Waals surface area contributed by atoms with Gasteiger partial charge in [0.2, 0.25) is 11.8 Å². The van der Waals surface area contributed by atoms with Crippen molar-refractivity contribution in [3.05, 3.63) is 48.7 Å². The molecule has 0 aliphatic carbocycles. The quantitative estimate of drug-likeness (QED) is 0.846. The fourth-order valence-corrected chi connectivity index (χ4v) is 3.09. The molecule has 1 aliphatic heterocycles. The van der Waals surface area contributed by atoms with Crippen LogP contribution in [0.1, 0.15) is 26.3 Å². The van der Waals surface area contributed by atoms with Crippen LogP contribution in [0, 0.1) is 0 Å². The van der Waals surface area contributed by atoms with Crippen LogP contribution in [-0.2, 0) is 21.5 Å². The lowest BCUT2D eigenvalue weighted by atomic mass is 10.0. The van der Waals surface area contributed by atoms with Gasteiger partial charge < -0.3 is 15.2 Å². The average molecular weight is 325 g/mol. The highest BCUT2D eigenvalue weighted by Gasteiger charge is 2.32. The number of para-hydroxylation sites is 1. The van der Waals surface area contributed by atoms with E-state index in [0.29, 0.717) is 6.42 Å². The first-order chi connectivity index (χ1) is 11.3. The number of nitrogens with one attached hydrogen (secondary N) is 2. The van der Waals surface area contributed by atoms with Crippen molar-refractivity contribution < 1.29 is 9.59 Å². The van der Waals surface area contributed by atoms with Crippen molar-refractivity contribution >= 4 is 22.7 Å². The predicted molar refractivity (Wildman–Crippen MR) is 94.7 cm³/mol. The Labute approximate surface area is 141 Å². The third-order valence-electron chi connectivity index (χ3n) is 4.72. The number of hydrogen-bond acceptors (Lipinski definition) is 2. The normalized spacial score (nSPS) is 21.5. The standard InChI is InChI=1S/C19H23N3O2/c1-5-19(3,4)22-11-13(14-8-6-7-9-16(14)22)10-15-18(24)20-12(2)17(23)21-15/h5-9,11-12,15H,1,10H2,2-4H3,(H,20,24)(H,21,23). The average Bonchev–Trinajstić information content (AvgIpc) is 2.92. The first-order valence-electron chi connectivity index (χ1n) is 8.17. The molecule has 126 valence electrons. The fraction of sp³-hybridized carbons (Fsp3) is 0.368. The summed E-state index contributed by atoms with van der Waals surface area (Å²) in [5, 5.41) is 6.62. The van der Waals surface area contributed by atoms with Gasteiger partial charge in [0.15, 0.2) is 0 Å². The van der Waals surface area contributed by atoms with Crippen LogP contribution in [0.4, 0.5) is 0 Å². The molecule has 1 fully saturated rings. The molecule has 24 heavy (non-hydrogen) atoms. The molecule has 0 radical (unpaired) electrons. The molecule has 1 saturated heterocycles. The minimum atomic E-state index is -0.542. The van der Waals surface area contributed by atoms with Gasteiger partial charge in [-0.25, -0.2) is 0 Å². The summed E-state index contributed by atoms with van der Waals surface area (Å²) in [7, 11) is 0. The molecule has 0 spiro atoms. The number of piperazine rings is 1. The fourth-order valence-electron chi connectivity index (χ4n) is 3.09. The van der Waals surface area contributed by atoms with E-state index in [4.69, 9.17) is 0 Å². The van der Waals surface area contributed by atoms with Crippen molar-refractivity contribution in [1.29, 1.82) is 0 Å². The number of hydrogen-bond donors (Lipinski definition) is 2. The molecular weight excluding hydrogens is 302 g/mol. The van der Waals surface area contributed by atoms with E-state index in [9.17, 15) is 9.59 Å². The molecule has 5 heteroatoms. The number of rotatable bonds is 4. The zero-order valence-electron chi connectivity index (χ0n) is 14.3. The summed E-state index contributed by atoms with van der Waals surface area (Å²) in [6, 6.07) is 7.07. The van der Waals surface area contributed by atoms with Gasteiger partial charge in [-0.3, -0.25) is 9.59 Å². The van der Waals surface area contributed by atoms with E-state index in [1.165, 1.54) is 0 Å². The van der Waals surface area contributed by atoms with Gasteiger partial charge in [0, 0.05) is 23.5 Å². The summed E-state index contributed by atoms with van der Waals surface area (Å²) in [6.07, 6.45) is 4.43. The molecule has 2 heterocycles. The van der Waals surface area contributed by atoms with Crippen molar-refractivity contribution in [2.75, 3.05) is 0 Å². The van der Waals surface area contributed by atoms with Crippen LogP contribution >= 0.6 is 0 Å². The van der Waals surface area contributed by atoms with E-state index in [-0.39, 0.29) is 17.4 Å². The van der Waals surface area contributed by atoms with Gasteiger partial charge in [-0.2, -0.15) is 0 Å². The second kappa shape index (κ2) is 5.82. The molecule has 2 N–H and O–H groups in total. The number of amides is 2. The Bertz CT molecular complexity index is 819. The van der Waals surface area contributed by atoms with Gasteiger partial charge in [0.05, 0.1) is 5.54 Å². The smallest absolute Gasteiger partial charge is 0.243 e. The zero-order valence-corrected chi connectivity index (χ0v) is 14.3. The monoisotopic (exact) mass is 325 g/mol. The van der Waals surface area contributed by atoms with Crippen molar-refractivity contribution in [2.24, 2.45) is 0 Å². The first-order valence-corrected chi connectivity index (χ1v) is 8.17. The Morgan fingerprint density at radius 1 is 1.21 bits per heavy atom. The number of carbonyl (C=O) groups excluding carboxylic acids is 2. The van der Waals surface area contributed by atoms with Gasteiger partial charge in [0.25, 0.3) is 0 Å². The molecule has 2 unspecified atom stereocenters. The molecule has 0 saturated carbocycles. The van der Waals surface area contributed by atoms with Crippen LogP contribution in [0.5, 0.6) is 0 Å². The number of carbonyl (C=O) groups is 2. The largest absolute Gasteiger partial charge is 0.343 e. The third-order valence-corrected chi connectivity index (χ3v) is 4.72. The SMILES string of the molecule is C=CC(C)(C)n1cc(CC2NC(=O)C(C)NC2=O)c2ccccc21. The summed E-state index contributed by atoms with van der Waals surface area (Å²) in [5.74, 6) is -0.281. The molecule has 1 aromatic heterocycles. The highest BCUT2D eigenvalue weighted by Crippen LogP contribution is 2.29. The van der Waals surface area contributed by atoms with Crippen LogP contribution in [0.25, 0.3) is 10.9 Å². The molecule has 5 nitrogen and oxygen atoms in total. The Hall–Kier alpha value is -2.56. The van der Waals surface area contributed by atoms with E-state index in [0.717, 1.165) is 16.5 Å². The topological polar surface area (TPSA) is 63.1 Å². The zero-order chi connectivity index (χ0) is 17.5. The van der Waals surface area contributed by atoms with Gasteiger partial charge in [0.1, 0.15) is 12.1 Å². The van der Waals surface area contributed by atoms with E-state index < -0.39 is 12.1 Å². The van der Waals surface area contributed by atoms with Crippen LogP contribution < -0.4 is 10.6 Å². The second-order valence-electron chi connectivity index (χ2n) is 6.89. The maximum Gasteiger partial charge on any atom is 0.243 e. The lowest BCUT2D eigenvalue weighted by molar-refractivity contribution is -0.136. The van der Waals surface area contributed by atoms with Gasteiger partial charge >= 0.3 is 0 Å². The maximum absolute atomic E-state index is 12.2. The Morgan fingerprint density at radius 3 is 2.62 bits per heavy atom. The van der Waals surface area contributed by atoms with Gasteiger partial charge in [-0.1, -0.05) is 24.3 Å². The summed E-state index contributed by atoms with van der Waals surface area (Å²) < 4.78 is 2.16. The highest BCUT2D eigenvalue weighted by atomic mass is 16.2. The molecule has 1 aromatic carbocycles. The number of fused-ring (bicyclic) bond motifs is 1. The Balaban J connectivity index is 2.00. The summed E-state index contributed by atoms with van der Waals surface area (Å²) in [4.78, 5) is 24.1. The van der Waals surface area contributed by atoms with Crippen molar-refractivity contribution in [3.8, 4) is 0 Å². The number of nitrogens with zero attached hydrogens (tertiary/aromatic N) is 1. The second-order valence-corrected chi connectivity index (χ2v) is 6.89. The number of aromatic nitrogens is 1. The summed E-state index contributed by atoms with van der Waals surface area (Å²) in [5.41, 5.74) is 1.88. The maximum atomic E-state index is 12.2. The highest BCUT2D eigenvalue weighted by molar-refractivity contribution is 5.97. The molecule has 1 aliphatic rings. The van der Waals surface area contributed by atoms with E-state index in [2.05, 4.69) is 47.9 Å². The molecular formula is C19H23N3O2. The minimum Gasteiger partial charge on any atom is -0.343 e.